The Labute approximate surface area is 148 Å². The molecule has 0 amide bonds. The quantitative estimate of drug-likeness (QED) is 0.710. The molecule has 0 fully saturated rings. The van der Waals surface area contributed by atoms with Gasteiger partial charge in [0.15, 0.2) is 0 Å². The Morgan fingerprint density at radius 2 is 1.62 bits per heavy atom. The van der Waals surface area contributed by atoms with Gasteiger partial charge in [-0.2, -0.15) is 0 Å². The van der Waals surface area contributed by atoms with Crippen molar-refractivity contribution >= 4 is 23.4 Å². The fourth-order valence-corrected chi connectivity index (χ4v) is 3.45. The van der Waals surface area contributed by atoms with E-state index in [-0.39, 0.29) is 5.56 Å². The number of benzene rings is 2. The van der Waals surface area contributed by atoms with E-state index < -0.39 is 5.69 Å². The van der Waals surface area contributed by atoms with Crippen molar-refractivity contribution in [3.05, 3.63) is 92.8 Å². The predicted molar refractivity (Wildman–Crippen MR) is 97.0 cm³/mol. The number of H-pyrrole nitrogens is 1. The lowest BCUT2D eigenvalue weighted by Gasteiger charge is -2.10. The molecule has 0 aliphatic carbocycles. The Bertz CT molecular complexity index is 951. The summed E-state index contributed by atoms with van der Waals surface area (Å²) in [5, 5.41) is 0. The predicted octanol–water partition coefficient (Wildman–Crippen LogP) is 3.47. The first kappa shape index (κ1) is 16.6. The Morgan fingerprint density at radius 3 is 2.33 bits per heavy atom. The van der Waals surface area contributed by atoms with E-state index in [0.29, 0.717) is 17.3 Å². The van der Waals surface area contributed by atoms with E-state index in [0.717, 1.165) is 16.0 Å². The molecule has 0 bridgehead atoms. The highest BCUT2D eigenvalue weighted by atomic mass is 35.5. The van der Waals surface area contributed by atoms with E-state index >= 15 is 0 Å². The Morgan fingerprint density at radius 1 is 0.958 bits per heavy atom. The summed E-state index contributed by atoms with van der Waals surface area (Å²) >= 11 is 7.28. The third kappa shape index (κ3) is 3.80. The summed E-state index contributed by atoms with van der Waals surface area (Å²) in [6.07, 6.45) is 1.60. The topological polar surface area (TPSA) is 54.9 Å². The zero-order chi connectivity index (χ0) is 16.9. The van der Waals surface area contributed by atoms with Gasteiger partial charge in [0, 0.05) is 17.0 Å². The van der Waals surface area contributed by atoms with Crippen molar-refractivity contribution in [1.29, 1.82) is 0 Å². The van der Waals surface area contributed by atoms with Crippen LogP contribution in [0.15, 0.2) is 80.2 Å². The number of nitrogens with one attached hydrogen (secondary N) is 1. The molecule has 0 radical (unpaired) electrons. The lowest BCUT2D eigenvalue weighted by atomic mass is 10.1. The first-order valence-corrected chi connectivity index (χ1v) is 8.72. The van der Waals surface area contributed by atoms with Crippen LogP contribution in [0.4, 0.5) is 0 Å². The zero-order valence-corrected chi connectivity index (χ0v) is 14.3. The molecule has 2 aromatic carbocycles. The highest BCUT2D eigenvalue weighted by molar-refractivity contribution is 7.99. The van der Waals surface area contributed by atoms with Gasteiger partial charge < -0.3 is 0 Å². The minimum Gasteiger partial charge on any atom is -0.295 e. The number of rotatable bonds is 5. The molecule has 3 rings (SSSR count). The molecule has 122 valence electrons. The molecule has 0 aliphatic rings. The van der Waals surface area contributed by atoms with Crippen LogP contribution >= 0.6 is 23.4 Å². The molecule has 6 heteroatoms. The summed E-state index contributed by atoms with van der Waals surface area (Å²) in [6.45, 7) is 0.362. The van der Waals surface area contributed by atoms with E-state index in [1.165, 1.54) is 16.3 Å². The normalized spacial score (nSPS) is 10.7. The Hall–Kier alpha value is -2.24. The third-order valence-electron chi connectivity index (χ3n) is 3.55. The maximum absolute atomic E-state index is 12.1. The van der Waals surface area contributed by atoms with Gasteiger partial charge in [0.25, 0.3) is 5.56 Å². The molecule has 0 unspecified atom stereocenters. The van der Waals surface area contributed by atoms with Crippen LogP contribution in [0.1, 0.15) is 11.1 Å². The van der Waals surface area contributed by atoms with Crippen LogP contribution < -0.4 is 11.2 Å². The van der Waals surface area contributed by atoms with Gasteiger partial charge in [-0.1, -0.05) is 54.2 Å². The number of nitrogens with zero attached hydrogens (tertiary/aromatic N) is 1. The summed E-state index contributed by atoms with van der Waals surface area (Å²) in [5.41, 5.74) is 1.12. The average Bonchev–Trinajstić information content (AvgIpc) is 2.60. The largest absolute Gasteiger partial charge is 0.328 e. The number of aromatic amines is 1. The van der Waals surface area contributed by atoms with E-state index in [9.17, 15) is 9.59 Å². The molecule has 1 N–H and O–H groups in total. The van der Waals surface area contributed by atoms with Crippen molar-refractivity contribution in [2.75, 3.05) is 0 Å². The second-order valence-electron chi connectivity index (χ2n) is 5.20. The molecule has 24 heavy (non-hydrogen) atoms. The third-order valence-corrected chi connectivity index (χ3v) is 4.86. The molecule has 1 heterocycles. The van der Waals surface area contributed by atoms with Crippen molar-refractivity contribution in [3.63, 3.8) is 0 Å². The number of hydrogen-bond donors (Lipinski definition) is 1. The number of halogens is 1. The molecule has 0 aliphatic heterocycles. The Kier molecular flexibility index (Phi) is 5.23. The van der Waals surface area contributed by atoms with Crippen molar-refractivity contribution in [2.45, 2.75) is 22.2 Å². The lowest BCUT2D eigenvalue weighted by molar-refractivity contribution is 0.698. The van der Waals surface area contributed by atoms with Crippen LogP contribution in [-0.4, -0.2) is 9.55 Å². The molecule has 4 nitrogen and oxygen atoms in total. The van der Waals surface area contributed by atoms with Gasteiger partial charge in [-0.15, -0.1) is 11.6 Å². The SMILES string of the molecule is O=c1[nH]c(=O)n(Cc2ccccc2CCl)cc1Sc1ccccc1. The smallest absolute Gasteiger partial charge is 0.295 e. The zero-order valence-electron chi connectivity index (χ0n) is 12.7. The molecular weight excluding hydrogens is 344 g/mol. The van der Waals surface area contributed by atoms with Gasteiger partial charge in [0.2, 0.25) is 0 Å². The number of alkyl halides is 1. The summed E-state index contributed by atoms with van der Waals surface area (Å²) in [4.78, 5) is 28.0. The van der Waals surface area contributed by atoms with E-state index in [1.54, 1.807) is 6.20 Å². The fraction of sp³-hybridized carbons (Fsp3) is 0.111. The molecule has 1 aromatic heterocycles. The second-order valence-corrected chi connectivity index (χ2v) is 6.58. The van der Waals surface area contributed by atoms with Gasteiger partial charge in [0.1, 0.15) is 0 Å². The van der Waals surface area contributed by atoms with Crippen LogP contribution in [-0.2, 0) is 12.4 Å². The fourth-order valence-electron chi connectivity index (χ4n) is 2.32. The first-order valence-electron chi connectivity index (χ1n) is 7.37. The van der Waals surface area contributed by atoms with Crippen LogP contribution in [0.2, 0.25) is 0 Å². The molecule has 0 saturated heterocycles. The van der Waals surface area contributed by atoms with Crippen molar-refractivity contribution in [2.24, 2.45) is 0 Å². The van der Waals surface area contributed by atoms with E-state index in [4.69, 9.17) is 11.6 Å². The summed E-state index contributed by atoms with van der Waals surface area (Å²) < 4.78 is 1.50. The van der Waals surface area contributed by atoms with Gasteiger partial charge in [-0.05, 0) is 23.3 Å². The van der Waals surface area contributed by atoms with Gasteiger partial charge in [0.05, 0.1) is 11.4 Å². The maximum Gasteiger partial charge on any atom is 0.328 e. The number of hydrogen-bond acceptors (Lipinski definition) is 3. The Balaban J connectivity index is 1.95. The van der Waals surface area contributed by atoms with Gasteiger partial charge in [-0.3, -0.25) is 14.3 Å². The molecule has 3 aromatic rings. The molecule has 0 atom stereocenters. The van der Waals surface area contributed by atoms with Gasteiger partial charge in [-0.25, -0.2) is 4.79 Å². The summed E-state index contributed by atoms with van der Waals surface area (Å²) in [5.74, 6) is 0.375. The summed E-state index contributed by atoms with van der Waals surface area (Å²) in [6, 6.07) is 17.2. The number of aromatic nitrogens is 2. The lowest BCUT2D eigenvalue weighted by Crippen LogP contribution is -2.30. The highest BCUT2D eigenvalue weighted by Crippen LogP contribution is 2.23. The monoisotopic (exact) mass is 358 g/mol. The van der Waals surface area contributed by atoms with Gasteiger partial charge >= 0.3 is 5.69 Å². The molecular formula is C18H15ClN2O2S. The standard InChI is InChI=1S/C18H15ClN2O2S/c19-10-13-6-4-5-7-14(13)11-21-12-16(17(22)20-18(21)23)24-15-8-2-1-3-9-15/h1-9,12H,10-11H2,(H,20,22,23). The van der Waals surface area contributed by atoms with Crippen LogP contribution in [0.5, 0.6) is 0 Å². The molecule has 0 saturated carbocycles. The van der Waals surface area contributed by atoms with Crippen LogP contribution in [0.3, 0.4) is 0 Å². The van der Waals surface area contributed by atoms with Crippen LogP contribution in [0.25, 0.3) is 0 Å². The van der Waals surface area contributed by atoms with Crippen LogP contribution in [0, 0.1) is 0 Å². The second kappa shape index (κ2) is 7.55. The maximum atomic E-state index is 12.1. The van der Waals surface area contributed by atoms with E-state index in [1.807, 2.05) is 54.6 Å². The summed E-state index contributed by atoms with van der Waals surface area (Å²) in [7, 11) is 0. The van der Waals surface area contributed by atoms with Crippen molar-refractivity contribution < 1.29 is 0 Å². The average molecular weight is 359 g/mol. The minimum absolute atomic E-state index is 0.362. The molecule has 0 spiro atoms. The first-order chi connectivity index (χ1) is 11.7. The van der Waals surface area contributed by atoms with Crippen molar-refractivity contribution in [3.8, 4) is 0 Å². The minimum atomic E-state index is -0.429. The van der Waals surface area contributed by atoms with E-state index in [2.05, 4.69) is 4.98 Å². The van der Waals surface area contributed by atoms with Crippen molar-refractivity contribution in [1.82, 2.24) is 9.55 Å². The highest BCUT2D eigenvalue weighted by Gasteiger charge is 2.09.